The highest BCUT2D eigenvalue weighted by molar-refractivity contribution is 7.99. The van der Waals surface area contributed by atoms with Gasteiger partial charge in [-0.25, -0.2) is 4.39 Å². The molecule has 0 spiro atoms. The molecule has 0 radical (unpaired) electrons. The molecular formula is C22H23FN2O5S. The Bertz CT molecular complexity index is 996. The summed E-state index contributed by atoms with van der Waals surface area (Å²) in [6, 6.07) is 8.90. The van der Waals surface area contributed by atoms with Gasteiger partial charge < -0.3 is 18.6 Å². The van der Waals surface area contributed by atoms with Gasteiger partial charge in [0.2, 0.25) is 11.6 Å². The first kappa shape index (κ1) is 22.6. The van der Waals surface area contributed by atoms with Gasteiger partial charge in [0, 0.05) is 11.1 Å². The van der Waals surface area contributed by atoms with Gasteiger partial charge in [-0.05, 0) is 57.2 Å². The van der Waals surface area contributed by atoms with Crippen molar-refractivity contribution in [2.75, 3.05) is 25.6 Å². The summed E-state index contributed by atoms with van der Waals surface area (Å²) in [6.07, 6.45) is 0. The lowest BCUT2D eigenvalue weighted by Gasteiger charge is -2.16. The number of carbonyl (C=O) groups excluding carboxylic acids is 1. The molecule has 0 bridgehead atoms. The number of thioether (sulfide) groups is 1. The Balaban J connectivity index is 1.79. The van der Waals surface area contributed by atoms with Crippen LogP contribution in [0.3, 0.4) is 0 Å². The average molecular weight is 447 g/mol. The Hall–Kier alpha value is -3.07. The second-order valence-electron chi connectivity index (χ2n) is 6.19. The topological polar surface area (TPSA) is 83.7 Å². The maximum Gasteiger partial charge on any atom is 0.277 e. The lowest BCUT2D eigenvalue weighted by atomic mass is 10.1. The number of hydrogen-bond acceptors (Lipinski definition) is 8. The van der Waals surface area contributed by atoms with E-state index in [2.05, 4.69) is 10.2 Å². The zero-order valence-corrected chi connectivity index (χ0v) is 18.3. The van der Waals surface area contributed by atoms with Gasteiger partial charge in [-0.1, -0.05) is 11.8 Å². The first-order chi connectivity index (χ1) is 15.0. The van der Waals surface area contributed by atoms with Crippen LogP contribution >= 0.6 is 11.8 Å². The van der Waals surface area contributed by atoms with E-state index in [1.54, 1.807) is 12.1 Å². The van der Waals surface area contributed by atoms with E-state index in [0.29, 0.717) is 48.2 Å². The van der Waals surface area contributed by atoms with Crippen LogP contribution < -0.4 is 14.2 Å². The van der Waals surface area contributed by atoms with Gasteiger partial charge in [-0.3, -0.25) is 4.79 Å². The summed E-state index contributed by atoms with van der Waals surface area (Å²) in [6.45, 7) is 7.00. The predicted molar refractivity (Wildman–Crippen MR) is 115 cm³/mol. The molecule has 0 aliphatic carbocycles. The number of hydrogen-bond donors (Lipinski definition) is 0. The first-order valence-corrected chi connectivity index (χ1v) is 10.9. The summed E-state index contributed by atoms with van der Waals surface area (Å²) >= 11 is 1.11. The van der Waals surface area contributed by atoms with Gasteiger partial charge in [-0.15, -0.1) is 10.2 Å². The van der Waals surface area contributed by atoms with E-state index in [-0.39, 0.29) is 28.5 Å². The molecule has 3 aromatic rings. The van der Waals surface area contributed by atoms with E-state index in [0.717, 1.165) is 11.8 Å². The van der Waals surface area contributed by atoms with Gasteiger partial charge in [0.25, 0.3) is 5.22 Å². The fourth-order valence-electron chi connectivity index (χ4n) is 2.74. The number of benzene rings is 2. The number of carbonyl (C=O) groups is 1. The Morgan fingerprint density at radius 2 is 1.58 bits per heavy atom. The highest BCUT2D eigenvalue weighted by Gasteiger charge is 2.19. The molecule has 0 fully saturated rings. The largest absolute Gasteiger partial charge is 0.490 e. The maximum absolute atomic E-state index is 13.0. The van der Waals surface area contributed by atoms with Crippen LogP contribution in [-0.4, -0.2) is 41.6 Å². The summed E-state index contributed by atoms with van der Waals surface area (Å²) in [5, 5.41) is 8.33. The molecule has 0 aliphatic rings. The molecule has 31 heavy (non-hydrogen) atoms. The minimum absolute atomic E-state index is 0.0882. The highest BCUT2D eigenvalue weighted by atomic mass is 32.2. The zero-order chi connectivity index (χ0) is 22.2. The first-order valence-electron chi connectivity index (χ1n) is 9.87. The molecule has 0 aliphatic heterocycles. The summed E-state index contributed by atoms with van der Waals surface area (Å²) in [5.74, 6) is 1.36. The van der Waals surface area contributed by atoms with Gasteiger partial charge >= 0.3 is 0 Å². The Labute approximate surface area is 183 Å². The van der Waals surface area contributed by atoms with Gasteiger partial charge in [-0.2, -0.15) is 0 Å². The molecule has 3 rings (SSSR count). The van der Waals surface area contributed by atoms with Crippen molar-refractivity contribution < 1.29 is 27.8 Å². The molecule has 9 heteroatoms. The molecule has 2 aromatic carbocycles. The number of aromatic nitrogens is 2. The molecule has 0 N–H and O–H groups in total. The average Bonchev–Trinajstić information content (AvgIpc) is 3.24. The molecule has 0 saturated heterocycles. The predicted octanol–water partition coefficient (Wildman–Crippen LogP) is 5.05. The van der Waals surface area contributed by atoms with Crippen LogP contribution in [0.2, 0.25) is 0 Å². The fraction of sp³-hybridized carbons (Fsp3) is 0.318. The number of Topliss-reactive ketones (excluding diaryl/α,β-unsaturated/α-hetero) is 1. The van der Waals surface area contributed by atoms with E-state index >= 15 is 0 Å². The number of ether oxygens (including phenoxy) is 3. The van der Waals surface area contributed by atoms with E-state index in [1.165, 1.54) is 24.3 Å². The van der Waals surface area contributed by atoms with Crippen LogP contribution in [-0.2, 0) is 0 Å². The summed E-state index contributed by atoms with van der Waals surface area (Å²) in [5.41, 5.74) is 1.03. The Kier molecular flexibility index (Phi) is 7.88. The maximum atomic E-state index is 13.0. The summed E-state index contributed by atoms with van der Waals surface area (Å²) in [7, 11) is 0. The van der Waals surface area contributed by atoms with Gasteiger partial charge in [0.1, 0.15) is 5.82 Å². The third kappa shape index (κ3) is 5.75. The number of halogens is 1. The third-order valence-electron chi connectivity index (χ3n) is 4.06. The molecule has 0 atom stereocenters. The van der Waals surface area contributed by atoms with Crippen molar-refractivity contribution in [3.8, 4) is 28.7 Å². The molecular weight excluding hydrogens is 423 g/mol. The van der Waals surface area contributed by atoms with Crippen LogP contribution in [0.1, 0.15) is 31.1 Å². The standard InChI is InChI=1S/C22H23FN2O5S/c1-4-27-18-11-15(12-19(28-5-2)20(18)29-6-3)21-24-25-22(30-21)31-13-17(26)14-7-9-16(23)10-8-14/h7-12H,4-6,13H2,1-3H3. The van der Waals surface area contributed by atoms with Crippen LogP contribution in [0.25, 0.3) is 11.5 Å². The van der Waals surface area contributed by atoms with Crippen LogP contribution in [0.4, 0.5) is 4.39 Å². The fourth-order valence-corrected chi connectivity index (χ4v) is 3.40. The van der Waals surface area contributed by atoms with E-state index in [9.17, 15) is 9.18 Å². The lowest BCUT2D eigenvalue weighted by Crippen LogP contribution is -2.03. The normalized spacial score (nSPS) is 10.7. The molecule has 164 valence electrons. The molecule has 1 heterocycles. The smallest absolute Gasteiger partial charge is 0.277 e. The van der Waals surface area contributed by atoms with Crippen molar-refractivity contribution in [2.45, 2.75) is 26.0 Å². The van der Waals surface area contributed by atoms with Gasteiger partial charge in [0.05, 0.1) is 25.6 Å². The van der Waals surface area contributed by atoms with Crippen molar-refractivity contribution in [3.63, 3.8) is 0 Å². The summed E-state index contributed by atoms with van der Waals surface area (Å²) in [4.78, 5) is 12.3. The van der Waals surface area contributed by atoms with E-state index < -0.39 is 0 Å². The van der Waals surface area contributed by atoms with E-state index in [4.69, 9.17) is 18.6 Å². The third-order valence-corrected chi connectivity index (χ3v) is 4.87. The van der Waals surface area contributed by atoms with Crippen molar-refractivity contribution in [2.24, 2.45) is 0 Å². The Morgan fingerprint density at radius 3 is 2.16 bits per heavy atom. The minimum Gasteiger partial charge on any atom is -0.490 e. The number of rotatable bonds is 11. The van der Waals surface area contributed by atoms with Crippen molar-refractivity contribution in [3.05, 3.63) is 47.8 Å². The summed E-state index contributed by atoms with van der Waals surface area (Å²) < 4.78 is 35.9. The van der Waals surface area contributed by atoms with Crippen LogP contribution in [0, 0.1) is 5.82 Å². The molecule has 0 unspecified atom stereocenters. The second-order valence-corrected chi connectivity index (χ2v) is 7.12. The monoisotopic (exact) mass is 446 g/mol. The number of nitrogens with zero attached hydrogens (tertiary/aromatic N) is 2. The highest BCUT2D eigenvalue weighted by Crippen LogP contribution is 2.42. The Morgan fingerprint density at radius 1 is 0.968 bits per heavy atom. The molecule has 1 aromatic heterocycles. The zero-order valence-electron chi connectivity index (χ0n) is 17.5. The molecule has 7 nitrogen and oxygen atoms in total. The molecule has 0 amide bonds. The van der Waals surface area contributed by atoms with Gasteiger partial charge in [0.15, 0.2) is 17.3 Å². The van der Waals surface area contributed by atoms with Crippen molar-refractivity contribution in [1.82, 2.24) is 10.2 Å². The van der Waals surface area contributed by atoms with Crippen LogP contribution in [0.5, 0.6) is 17.2 Å². The second kappa shape index (κ2) is 10.8. The van der Waals surface area contributed by atoms with Crippen molar-refractivity contribution >= 4 is 17.5 Å². The lowest BCUT2D eigenvalue weighted by molar-refractivity contribution is 0.102. The molecule has 0 saturated carbocycles. The van der Waals surface area contributed by atoms with E-state index in [1.807, 2.05) is 20.8 Å². The van der Waals surface area contributed by atoms with Crippen molar-refractivity contribution in [1.29, 1.82) is 0 Å². The number of ketones is 1. The SMILES string of the molecule is CCOc1cc(-c2nnc(SCC(=O)c3ccc(F)cc3)o2)cc(OCC)c1OCC. The quantitative estimate of drug-likeness (QED) is 0.299. The van der Waals surface area contributed by atoms with Crippen LogP contribution in [0.15, 0.2) is 46.0 Å². The minimum atomic E-state index is -0.390.